The van der Waals surface area contributed by atoms with Gasteiger partial charge in [0.15, 0.2) is 0 Å². The molecule has 0 fully saturated rings. The van der Waals surface area contributed by atoms with E-state index in [9.17, 15) is 4.79 Å². The van der Waals surface area contributed by atoms with Gasteiger partial charge in [-0.1, -0.05) is 41.4 Å². The zero-order valence-electron chi connectivity index (χ0n) is 13.8. The number of hydrogen-bond acceptors (Lipinski definition) is 2. The van der Waals surface area contributed by atoms with Crippen molar-refractivity contribution in [1.82, 2.24) is 5.32 Å². The van der Waals surface area contributed by atoms with Crippen molar-refractivity contribution in [2.45, 2.75) is 39.3 Å². The van der Waals surface area contributed by atoms with Gasteiger partial charge in [0.25, 0.3) is 0 Å². The third-order valence-corrected chi connectivity index (χ3v) is 4.15. The zero-order valence-corrected chi connectivity index (χ0v) is 15.3. The Bertz CT molecular complexity index is 684. The molecule has 2 rings (SSSR count). The lowest BCUT2D eigenvalue weighted by Crippen LogP contribution is -2.23. The lowest BCUT2D eigenvalue weighted by Gasteiger charge is -2.10. The summed E-state index contributed by atoms with van der Waals surface area (Å²) in [6, 6.07) is 13.2. The smallest absolute Gasteiger partial charge is 0.220 e. The molecule has 0 radical (unpaired) electrons. The van der Waals surface area contributed by atoms with Crippen molar-refractivity contribution in [3.63, 3.8) is 0 Å². The molecule has 2 aromatic carbocycles. The first-order valence-electron chi connectivity index (χ1n) is 7.90. The SMILES string of the molecule is CC(C)Oc1ccc(CNC(=O)CCc2ccc(Cl)c(Cl)c2)cc1. The second kappa shape index (κ2) is 8.95. The van der Waals surface area contributed by atoms with Crippen molar-refractivity contribution >= 4 is 29.1 Å². The topological polar surface area (TPSA) is 38.3 Å². The van der Waals surface area contributed by atoms with Gasteiger partial charge in [0.1, 0.15) is 5.75 Å². The summed E-state index contributed by atoms with van der Waals surface area (Å²) in [5.74, 6) is 0.836. The first-order chi connectivity index (χ1) is 11.4. The largest absolute Gasteiger partial charge is 0.491 e. The molecule has 0 aromatic heterocycles. The van der Waals surface area contributed by atoms with Crippen LogP contribution in [0.15, 0.2) is 42.5 Å². The summed E-state index contributed by atoms with van der Waals surface area (Å²) in [6.07, 6.45) is 1.19. The van der Waals surface area contributed by atoms with Gasteiger partial charge >= 0.3 is 0 Å². The van der Waals surface area contributed by atoms with Crippen LogP contribution in [0.2, 0.25) is 10.0 Å². The fraction of sp³-hybridized carbons (Fsp3) is 0.316. The minimum Gasteiger partial charge on any atom is -0.491 e. The van der Waals surface area contributed by atoms with Gasteiger partial charge in [-0.2, -0.15) is 0 Å². The Morgan fingerprint density at radius 3 is 2.33 bits per heavy atom. The Kier molecular flexibility index (Phi) is 6.95. The van der Waals surface area contributed by atoms with Crippen molar-refractivity contribution in [2.24, 2.45) is 0 Å². The fourth-order valence-corrected chi connectivity index (χ4v) is 2.52. The highest BCUT2D eigenvalue weighted by atomic mass is 35.5. The number of hydrogen-bond donors (Lipinski definition) is 1. The molecule has 0 bridgehead atoms. The van der Waals surface area contributed by atoms with E-state index in [1.54, 1.807) is 12.1 Å². The molecule has 0 aliphatic rings. The first-order valence-corrected chi connectivity index (χ1v) is 8.66. The number of halogens is 2. The van der Waals surface area contributed by atoms with Crippen LogP contribution < -0.4 is 10.1 Å². The Morgan fingerprint density at radius 2 is 1.71 bits per heavy atom. The summed E-state index contributed by atoms with van der Waals surface area (Å²) >= 11 is 11.9. The van der Waals surface area contributed by atoms with Crippen molar-refractivity contribution in [1.29, 1.82) is 0 Å². The quantitative estimate of drug-likeness (QED) is 0.746. The van der Waals surface area contributed by atoms with E-state index >= 15 is 0 Å². The van der Waals surface area contributed by atoms with Gasteiger partial charge in [-0.05, 0) is 55.7 Å². The number of ether oxygens (including phenoxy) is 1. The molecule has 2 aromatic rings. The second-order valence-electron chi connectivity index (χ2n) is 5.84. The van der Waals surface area contributed by atoms with Crippen molar-refractivity contribution < 1.29 is 9.53 Å². The number of amides is 1. The van der Waals surface area contributed by atoms with Gasteiger partial charge in [0.2, 0.25) is 5.91 Å². The Balaban J connectivity index is 1.77. The van der Waals surface area contributed by atoms with E-state index in [-0.39, 0.29) is 12.0 Å². The molecule has 3 nitrogen and oxygen atoms in total. The number of benzene rings is 2. The summed E-state index contributed by atoms with van der Waals surface area (Å²) < 4.78 is 5.59. The van der Waals surface area contributed by atoms with E-state index in [2.05, 4.69) is 5.32 Å². The molecule has 0 atom stereocenters. The predicted molar refractivity (Wildman–Crippen MR) is 98.8 cm³/mol. The lowest BCUT2D eigenvalue weighted by molar-refractivity contribution is -0.121. The molecule has 1 amide bonds. The van der Waals surface area contributed by atoms with E-state index in [0.29, 0.717) is 29.4 Å². The van der Waals surface area contributed by atoms with Crippen LogP contribution in [0.1, 0.15) is 31.4 Å². The van der Waals surface area contributed by atoms with E-state index < -0.39 is 0 Å². The minimum absolute atomic E-state index is 0.00331. The molecule has 1 N–H and O–H groups in total. The maximum Gasteiger partial charge on any atom is 0.220 e. The van der Waals surface area contributed by atoms with Gasteiger partial charge in [-0.3, -0.25) is 4.79 Å². The molecule has 0 saturated heterocycles. The molecule has 0 unspecified atom stereocenters. The predicted octanol–water partition coefficient (Wildman–Crippen LogP) is 5.03. The molecule has 128 valence electrons. The summed E-state index contributed by atoms with van der Waals surface area (Å²) in [5.41, 5.74) is 2.03. The van der Waals surface area contributed by atoms with Crippen LogP contribution in [0.5, 0.6) is 5.75 Å². The van der Waals surface area contributed by atoms with Gasteiger partial charge in [0.05, 0.1) is 16.1 Å². The lowest BCUT2D eigenvalue weighted by atomic mass is 10.1. The molecule has 0 saturated carbocycles. The molecule has 0 heterocycles. The average molecular weight is 366 g/mol. The summed E-state index contributed by atoms with van der Waals surface area (Å²) in [4.78, 5) is 12.0. The van der Waals surface area contributed by atoms with Crippen molar-refractivity contribution in [3.05, 3.63) is 63.6 Å². The monoisotopic (exact) mass is 365 g/mol. The minimum atomic E-state index is 0.00331. The highest BCUT2D eigenvalue weighted by molar-refractivity contribution is 6.42. The van der Waals surface area contributed by atoms with E-state index in [0.717, 1.165) is 16.9 Å². The Hall–Kier alpha value is -1.71. The third kappa shape index (κ3) is 6.06. The molecule has 0 aliphatic carbocycles. The van der Waals surface area contributed by atoms with Gasteiger partial charge in [-0.15, -0.1) is 0 Å². The normalized spacial score (nSPS) is 10.7. The number of rotatable bonds is 7. The molecule has 0 aliphatic heterocycles. The second-order valence-corrected chi connectivity index (χ2v) is 6.65. The van der Waals surface area contributed by atoms with Crippen molar-refractivity contribution in [3.8, 4) is 5.75 Å². The van der Waals surface area contributed by atoms with Crippen LogP contribution in [-0.2, 0) is 17.8 Å². The summed E-state index contributed by atoms with van der Waals surface area (Å²) in [7, 11) is 0. The van der Waals surface area contributed by atoms with Gasteiger partial charge < -0.3 is 10.1 Å². The zero-order chi connectivity index (χ0) is 17.5. The van der Waals surface area contributed by atoms with Crippen LogP contribution in [0.25, 0.3) is 0 Å². The van der Waals surface area contributed by atoms with E-state index in [4.69, 9.17) is 27.9 Å². The molecule has 0 spiro atoms. The van der Waals surface area contributed by atoms with Crippen LogP contribution in [0.3, 0.4) is 0 Å². The van der Waals surface area contributed by atoms with Gasteiger partial charge in [-0.25, -0.2) is 0 Å². The average Bonchev–Trinajstić information content (AvgIpc) is 2.55. The molecule has 24 heavy (non-hydrogen) atoms. The van der Waals surface area contributed by atoms with Crippen LogP contribution in [-0.4, -0.2) is 12.0 Å². The fourth-order valence-electron chi connectivity index (χ4n) is 2.20. The third-order valence-electron chi connectivity index (χ3n) is 3.41. The summed E-state index contributed by atoms with van der Waals surface area (Å²) in [6.45, 7) is 4.48. The summed E-state index contributed by atoms with van der Waals surface area (Å²) in [5, 5.41) is 3.95. The number of nitrogens with one attached hydrogen (secondary N) is 1. The molecular weight excluding hydrogens is 345 g/mol. The number of aryl methyl sites for hydroxylation is 1. The van der Waals surface area contributed by atoms with E-state index in [1.165, 1.54) is 0 Å². The Morgan fingerprint density at radius 1 is 1.04 bits per heavy atom. The number of carbonyl (C=O) groups excluding carboxylic acids is 1. The molecule has 5 heteroatoms. The number of carbonyl (C=O) groups is 1. The molecular formula is C19H21Cl2NO2. The maximum absolute atomic E-state index is 12.0. The Labute approximate surface area is 152 Å². The van der Waals surface area contributed by atoms with Gasteiger partial charge in [0, 0.05) is 13.0 Å². The maximum atomic E-state index is 12.0. The van der Waals surface area contributed by atoms with Crippen LogP contribution in [0.4, 0.5) is 0 Å². The standard InChI is InChI=1S/C19H21Cl2NO2/c1-13(2)24-16-7-3-15(4-8-16)12-22-19(23)10-6-14-5-9-17(20)18(21)11-14/h3-5,7-9,11,13H,6,10,12H2,1-2H3,(H,22,23). The van der Waals surface area contributed by atoms with E-state index in [1.807, 2.05) is 44.2 Å². The highest BCUT2D eigenvalue weighted by Gasteiger charge is 2.05. The van der Waals surface area contributed by atoms with Crippen LogP contribution in [0, 0.1) is 0 Å². The first kappa shape index (κ1) is 18.6. The highest BCUT2D eigenvalue weighted by Crippen LogP contribution is 2.23. The van der Waals surface area contributed by atoms with Crippen molar-refractivity contribution in [2.75, 3.05) is 0 Å². The van der Waals surface area contributed by atoms with Crippen LogP contribution >= 0.6 is 23.2 Å².